The number of carbonyl (C=O) groups is 1. The Hall–Kier alpha value is -3.03. The van der Waals surface area contributed by atoms with Crippen LogP contribution in [0.3, 0.4) is 0 Å². The fourth-order valence-corrected chi connectivity index (χ4v) is 5.08. The topological polar surface area (TPSA) is 88.5 Å². The van der Waals surface area contributed by atoms with Crippen LogP contribution in [0.1, 0.15) is 17.5 Å². The number of rotatable bonds is 3. The van der Waals surface area contributed by atoms with Gasteiger partial charge in [-0.15, -0.1) is 0 Å². The lowest BCUT2D eigenvalue weighted by Gasteiger charge is -2.44. The molecule has 0 saturated carbocycles. The third-order valence-corrected chi connectivity index (χ3v) is 6.68. The zero-order valence-corrected chi connectivity index (χ0v) is 17.7. The molecule has 0 radical (unpaired) electrons. The SMILES string of the molecule is COc1ccc2c3c(c4cc(OC)c(OC)cc4c2c1)C[C@H]1C[C@H](O)[C@@H](O)C(=O)N1C3. The van der Waals surface area contributed by atoms with Crippen LogP contribution in [-0.2, 0) is 17.8 Å². The van der Waals surface area contributed by atoms with Gasteiger partial charge < -0.3 is 29.3 Å². The number of aliphatic hydroxyl groups is 2. The van der Waals surface area contributed by atoms with Crippen molar-refractivity contribution < 1.29 is 29.2 Å². The van der Waals surface area contributed by atoms with Crippen LogP contribution in [-0.4, -0.2) is 60.6 Å². The standard InChI is InChI=1S/C24H25NO6/c1-29-13-4-5-14-16(8-13)18-10-22(31-3)21(30-2)9-17(18)15-6-12-7-20(26)23(27)24(28)25(12)11-19(14)15/h4-5,8-10,12,20,23,26-27H,6-7,11H2,1-3H3/t12-,20-,23+/m0/s1. The van der Waals surface area contributed by atoms with E-state index in [1.807, 2.05) is 30.3 Å². The molecule has 3 atom stereocenters. The Morgan fingerprint density at radius 1 is 0.871 bits per heavy atom. The lowest BCUT2D eigenvalue weighted by molar-refractivity contribution is -0.159. The van der Waals surface area contributed by atoms with Gasteiger partial charge in [0.15, 0.2) is 17.6 Å². The van der Waals surface area contributed by atoms with Crippen molar-refractivity contribution in [3.8, 4) is 17.2 Å². The highest BCUT2D eigenvalue weighted by Crippen LogP contribution is 2.44. The molecule has 7 nitrogen and oxygen atoms in total. The second kappa shape index (κ2) is 7.28. The van der Waals surface area contributed by atoms with Crippen LogP contribution >= 0.6 is 0 Å². The molecule has 1 saturated heterocycles. The summed E-state index contributed by atoms with van der Waals surface area (Å²) in [5.74, 6) is 1.60. The summed E-state index contributed by atoms with van der Waals surface area (Å²) < 4.78 is 16.6. The molecule has 1 fully saturated rings. The van der Waals surface area contributed by atoms with Crippen LogP contribution < -0.4 is 14.2 Å². The zero-order valence-electron chi connectivity index (χ0n) is 17.7. The summed E-state index contributed by atoms with van der Waals surface area (Å²) in [5.41, 5.74) is 2.18. The molecule has 2 N–H and O–H groups in total. The number of hydrogen-bond acceptors (Lipinski definition) is 6. The van der Waals surface area contributed by atoms with E-state index in [1.165, 1.54) is 0 Å². The number of amides is 1. The molecule has 1 amide bonds. The number of benzene rings is 3. The van der Waals surface area contributed by atoms with Gasteiger partial charge in [-0.3, -0.25) is 4.79 Å². The first-order valence-corrected chi connectivity index (χ1v) is 10.3. The third-order valence-electron chi connectivity index (χ3n) is 6.68. The molecular formula is C24H25NO6. The molecule has 31 heavy (non-hydrogen) atoms. The third kappa shape index (κ3) is 2.91. The molecule has 0 bridgehead atoms. The van der Waals surface area contributed by atoms with Crippen LogP contribution in [0.4, 0.5) is 0 Å². The van der Waals surface area contributed by atoms with Crippen molar-refractivity contribution in [1.29, 1.82) is 0 Å². The van der Waals surface area contributed by atoms with Gasteiger partial charge in [0.2, 0.25) is 0 Å². The Kier molecular flexibility index (Phi) is 4.68. The van der Waals surface area contributed by atoms with Crippen molar-refractivity contribution in [1.82, 2.24) is 4.90 Å². The first-order valence-electron chi connectivity index (χ1n) is 10.3. The quantitative estimate of drug-likeness (QED) is 0.629. The summed E-state index contributed by atoms with van der Waals surface area (Å²) in [6, 6.07) is 9.73. The van der Waals surface area contributed by atoms with E-state index in [1.54, 1.807) is 26.2 Å². The molecule has 5 rings (SSSR count). The summed E-state index contributed by atoms with van der Waals surface area (Å²) in [6.45, 7) is 0.385. The van der Waals surface area contributed by atoms with Crippen LogP contribution in [0.25, 0.3) is 21.5 Å². The average molecular weight is 423 g/mol. The molecule has 7 heteroatoms. The number of fused-ring (bicyclic) bond motifs is 7. The van der Waals surface area contributed by atoms with Crippen molar-refractivity contribution in [2.45, 2.75) is 37.6 Å². The van der Waals surface area contributed by atoms with Crippen molar-refractivity contribution >= 4 is 27.5 Å². The first kappa shape index (κ1) is 19.9. The van der Waals surface area contributed by atoms with E-state index in [4.69, 9.17) is 14.2 Å². The summed E-state index contributed by atoms with van der Waals surface area (Å²) in [5, 5.41) is 24.4. The van der Waals surface area contributed by atoms with Gasteiger partial charge in [-0.25, -0.2) is 0 Å². The predicted octanol–water partition coefficient (Wildman–Crippen LogP) is 2.40. The highest BCUT2D eigenvalue weighted by atomic mass is 16.5. The van der Waals surface area contributed by atoms with E-state index < -0.39 is 18.1 Å². The van der Waals surface area contributed by atoms with E-state index >= 15 is 0 Å². The van der Waals surface area contributed by atoms with Crippen molar-refractivity contribution in [3.63, 3.8) is 0 Å². The molecular weight excluding hydrogens is 398 g/mol. The minimum absolute atomic E-state index is 0.162. The second-order valence-electron chi connectivity index (χ2n) is 8.19. The van der Waals surface area contributed by atoms with Gasteiger partial charge in [0.1, 0.15) is 5.75 Å². The van der Waals surface area contributed by atoms with Crippen LogP contribution in [0.5, 0.6) is 17.2 Å². The highest BCUT2D eigenvalue weighted by Gasteiger charge is 2.43. The minimum atomic E-state index is -1.37. The largest absolute Gasteiger partial charge is 0.497 e. The molecule has 3 aromatic carbocycles. The molecule has 2 heterocycles. The Labute approximate surface area is 179 Å². The number of piperidine rings is 1. The van der Waals surface area contributed by atoms with E-state index in [0.29, 0.717) is 30.9 Å². The Morgan fingerprint density at radius 3 is 2.23 bits per heavy atom. The van der Waals surface area contributed by atoms with Crippen LogP contribution in [0.2, 0.25) is 0 Å². The smallest absolute Gasteiger partial charge is 0.254 e. The van der Waals surface area contributed by atoms with Crippen molar-refractivity contribution in [2.24, 2.45) is 0 Å². The van der Waals surface area contributed by atoms with E-state index in [2.05, 4.69) is 0 Å². The molecule has 0 spiro atoms. The average Bonchev–Trinajstić information content (AvgIpc) is 2.80. The first-order chi connectivity index (χ1) is 15.0. The fourth-order valence-electron chi connectivity index (χ4n) is 5.08. The normalized spacial score (nSPS) is 22.9. The number of aliphatic hydroxyl groups excluding tert-OH is 2. The van der Waals surface area contributed by atoms with Gasteiger partial charge in [0, 0.05) is 12.6 Å². The Balaban J connectivity index is 1.82. The Bertz CT molecular complexity index is 1210. The number of methoxy groups -OCH3 is 3. The van der Waals surface area contributed by atoms with E-state index in [0.717, 1.165) is 38.4 Å². The van der Waals surface area contributed by atoms with Crippen molar-refractivity contribution in [2.75, 3.05) is 21.3 Å². The van der Waals surface area contributed by atoms with Gasteiger partial charge in [0.25, 0.3) is 5.91 Å². The summed E-state index contributed by atoms with van der Waals surface area (Å²) in [6.07, 6.45) is -1.46. The summed E-state index contributed by atoms with van der Waals surface area (Å²) in [7, 11) is 4.86. The number of nitrogens with zero attached hydrogens (tertiary/aromatic N) is 1. The molecule has 3 aromatic rings. The van der Waals surface area contributed by atoms with Gasteiger partial charge in [0.05, 0.1) is 27.4 Å². The fraction of sp³-hybridized carbons (Fsp3) is 0.375. The van der Waals surface area contributed by atoms with Gasteiger partial charge in [-0.05, 0) is 69.8 Å². The highest BCUT2D eigenvalue weighted by molar-refractivity contribution is 6.12. The van der Waals surface area contributed by atoms with Crippen LogP contribution in [0.15, 0.2) is 30.3 Å². The minimum Gasteiger partial charge on any atom is -0.497 e. The van der Waals surface area contributed by atoms with E-state index in [-0.39, 0.29) is 6.04 Å². The molecule has 162 valence electrons. The lowest BCUT2D eigenvalue weighted by Crippen LogP contribution is -2.58. The van der Waals surface area contributed by atoms with Crippen LogP contribution in [0, 0.1) is 0 Å². The molecule has 2 aliphatic heterocycles. The maximum Gasteiger partial charge on any atom is 0.254 e. The Morgan fingerprint density at radius 2 is 1.55 bits per heavy atom. The number of ether oxygens (including phenoxy) is 3. The number of hydrogen-bond donors (Lipinski definition) is 2. The number of carbonyl (C=O) groups excluding carboxylic acids is 1. The molecule has 0 aliphatic carbocycles. The predicted molar refractivity (Wildman–Crippen MR) is 116 cm³/mol. The van der Waals surface area contributed by atoms with Gasteiger partial charge in [-0.1, -0.05) is 6.07 Å². The van der Waals surface area contributed by atoms with Crippen molar-refractivity contribution in [3.05, 3.63) is 41.5 Å². The van der Waals surface area contributed by atoms with Gasteiger partial charge >= 0.3 is 0 Å². The zero-order chi connectivity index (χ0) is 21.9. The maximum absolute atomic E-state index is 12.7. The molecule has 0 unspecified atom stereocenters. The summed E-state index contributed by atoms with van der Waals surface area (Å²) in [4.78, 5) is 14.4. The molecule has 0 aromatic heterocycles. The van der Waals surface area contributed by atoms with Gasteiger partial charge in [-0.2, -0.15) is 0 Å². The lowest BCUT2D eigenvalue weighted by atomic mass is 9.81. The maximum atomic E-state index is 12.7. The summed E-state index contributed by atoms with van der Waals surface area (Å²) >= 11 is 0. The van der Waals surface area contributed by atoms with E-state index in [9.17, 15) is 15.0 Å². The second-order valence-corrected chi connectivity index (χ2v) is 8.19. The monoisotopic (exact) mass is 423 g/mol. The molecule has 2 aliphatic rings.